The zero-order chi connectivity index (χ0) is 19.6. The smallest absolute Gasteiger partial charge is 0.230 e. The summed E-state index contributed by atoms with van der Waals surface area (Å²) < 4.78 is 1.97. The summed E-state index contributed by atoms with van der Waals surface area (Å²) >= 11 is 7.73. The molecule has 4 nitrogen and oxygen atoms in total. The zero-order valence-corrected chi connectivity index (χ0v) is 17.5. The van der Waals surface area contributed by atoms with Crippen molar-refractivity contribution >= 4 is 28.8 Å². The van der Waals surface area contributed by atoms with Gasteiger partial charge in [-0.05, 0) is 55.0 Å². The van der Waals surface area contributed by atoms with Gasteiger partial charge in [-0.3, -0.25) is 9.48 Å². The van der Waals surface area contributed by atoms with Gasteiger partial charge in [-0.15, -0.1) is 11.3 Å². The minimum absolute atomic E-state index is 0.121. The second kappa shape index (κ2) is 8.10. The van der Waals surface area contributed by atoms with Gasteiger partial charge in [0.1, 0.15) is 5.69 Å². The lowest BCUT2D eigenvalue weighted by Crippen LogP contribution is -2.43. The monoisotopic (exact) mass is 413 g/mol. The van der Waals surface area contributed by atoms with Gasteiger partial charge in [-0.2, -0.15) is 5.10 Å². The van der Waals surface area contributed by atoms with Gasteiger partial charge in [0.2, 0.25) is 5.91 Å². The molecule has 1 aromatic carbocycles. The quantitative estimate of drug-likeness (QED) is 0.603. The van der Waals surface area contributed by atoms with Crippen molar-refractivity contribution < 1.29 is 4.79 Å². The van der Waals surface area contributed by atoms with Gasteiger partial charge in [0, 0.05) is 17.3 Å². The summed E-state index contributed by atoms with van der Waals surface area (Å²) in [6, 6.07) is 14.0. The summed E-state index contributed by atoms with van der Waals surface area (Å²) in [7, 11) is 0. The van der Waals surface area contributed by atoms with E-state index in [2.05, 4.69) is 29.8 Å². The molecule has 2 heterocycles. The molecule has 146 valence electrons. The Morgan fingerprint density at radius 2 is 2.00 bits per heavy atom. The minimum atomic E-state index is -0.425. The van der Waals surface area contributed by atoms with Crippen LogP contribution >= 0.6 is 22.9 Å². The Kier molecular flexibility index (Phi) is 5.56. The van der Waals surface area contributed by atoms with Crippen molar-refractivity contribution in [2.24, 2.45) is 0 Å². The number of halogens is 1. The van der Waals surface area contributed by atoms with Crippen LogP contribution < -0.4 is 5.32 Å². The predicted molar refractivity (Wildman–Crippen MR) is 115 cm³/mol. The number of amides is 1. The molecule has 1 N–H and O–H groups in total. The maximum Gasteiger partial charge on any atom is 0.230 e. The van der Waals surface area contributed by atoms with E-state index in [4.69, 9.17) is 16.7 Å². The summed E-state index contributed by atoms with van der Waals surface area (Å²) in [5.74, 6) is 0.121. The molecule has 0 spiro atoms. The van der Waals surface area contributed by atoms with E-state index in [-0.39, 0.29) is 5.91 Å². The molecule has 1 fully saturated rings. The molecule has 0 bridgehead atoms. The van der Waals surface area contributed by atoms with Crippen LogP contribution in [0.15, 0.2) is 47.8 Å². The molecule has 0 saturated heterocycles. The number of rotatable bonds is 6. The van der Waals surface area contributed by atoms with Crippen molar-refractivity contribution in [2.75, 3.05) is 6.54 Å². The molecule has 1 aliphatic carbocycles. The van der Waals surface area contributed by atoms with Crippen LogP contribution in [0.3, 0.4) is 0 Å². The zero-order valence-electron chi connectivity index (χ0n) is 16.0. The van der Waals surface area contributed by atoms with Crippen LogP contribution in [-0.2, 0) is 16.8 Å². The van der Waals surface area contributed by atoms with Crippen LogP contribution in [0.4, 0.5) is 0 Å². The molecule has 1 saturated carbocycles. The fourth-order valence-electron chi connectivity index (χ4n) is 4.12. The third-order valence-corrected chi connectivity index (χ3v) is 6.80. The number of nitrogens with one attached hydrogen (secondary N) is 1. The van der Waals surface area contributed by atoms with Crippen molar-refractivity contribution in [3.63, 3.8) is 0 Å². The van der Waals surface area contributed by atoms with E-state index in [1.165, 1.54) is 4.88 Å². The fraction of sp³-hybridized carbons (Fsp3) is 0.364. The molecular formula is C22H24ClN3OS. The van der Waals surface area contributed by atoms with Gasteiger partial charge in [0.25, 0.3) is 0 Å². The number of benzene rings is 1. The maximum absolute atomic E-state index is 13.1. The first-order valence-corrected chi connectivity index (χ1v) is 11.0. The van der Waals surface area contributed by atoms with Crippen LogP contribution in [0.2, 0.25) is 5.02 Å². The van der Waals surface area contributed by atoms with Crippen LogP contribution in [0.5, 0.6) is 0 Å². The number of aryl methyl sites for hydroxylation is 1. The highest BCUT2D eigenvalue weighted by molar-refractivity contribution is 7.13. The van der Waals surface area contributed by atoms with Crippen molar-refractivity contribution in [3.05, 3.63) is 64.1 Å². The number of carbonyl (C=O) groups excluding carboxylic acids is 1. The van der Waals surface area contributed by atoms with Crippen LogP contribution in [0.25, 0.3) is 10.6 Å². The summed E-state index contributed by atoms with van der Waals surface area (Å²) in [4.78, 5) is 14.3. The predicted octanol–water partition coefficient (Wildman–Crippen LogP) is 5.20. The van der Waals surface area contributed by atoms with Crippen LogP contribution in [-0.4, -0.2) is 22.2 Å². The molecular weight excluding hydrogens is 390 g/mol. The lowest BCUT2D eigenvalue weighted by molar-refractivity contribution is -0.126. The van der Waals surface area contributed by atoms with E-state index in [0.29, 0.717) is 18.1 Å². The van der Waals surface area contributed by atoms with Crippen LogP contribution in [0.1, 0.15) is 36.9 Å². The van der Waals surface area contributed by atoms with E-state index >= 15 is 0 Å². The fourth-order valence-corrected chi connectivity index (χ4v) is 4.93. The summed E-state index contributed by atoms with van der Waals surface area (Å²) in [6.45, 7) is 3.29. The molecule has 3 aromatic rings. The second-order valence-corrected chi connectivity index (χ2v) is 8.81. The molecule has 0 atom stereocenters. The van der Waals surface area contributed by atoms with Gasteiger partial charge in [0.05, 0.1) is 16.8 Å². The van der Waals surface area contributed by atoms with E-state index in [1.54, 1.807) is 11.3 Å². The van der Waals surface area contributed by atoms with Crippen molar-refractivity contribution in [2.45, 2.75) is 44.6 Å². The Labute approximate surface area is 174 Å². The molecule has 2 aromatic heterocycles. The number of hydrogen-bond donors (Lipinski definition) is 1. The summed E-state index contributed by atoms with van der Waals surface area (Å²) in [6.07, 6.45) is 3.95. The Morgan fingerprint density at radius 1 is 1.25 bits per heavy atom. The highest BCUT2D eigenvalue weighted by Gasteiger charge is 2.42. The Bertz CT molecular complexity index is 941. The van der Waals surface area contributed by atoms with E-state index in [0.717, 1.165) is 42.6 Å². The third-order valence-electron chi connectivity index (χ3n) is 5.65. The highest BCUT2D eigenvalue weighted by atomic mass is 35.5. The topological polar surface area (TPSA) is 46.9 Å². The third kappa shape index (κ3) is 3.74. The van der Waals surface area contributed by atoms with Crippen molar-refractivity contribution in [1.29, 1.82) is 0 Å². The molecule has 4 rings (SSSR count). The molecule has 6 heteroatoms. The number of aromatic nitrogens is 2. The van der Waals surface area contributed by atoms with E-state index in [1.807, 2.05) is 35.0 Å². The number of carbonyl (C=O) groups is 1. The lowest BCUT2D eigenvalue weighted by Gasteiger charge is -2.28. The Balaban J connectivity index is 1.43. The van der Waals surface area contributed by atoms with Gasteiger partial charge in [0.15, 0.2) is 0 Å². The van der Waals surface area contributed by atoms with Crippen molar-refractivity contribution in [1.82, 2.24) is 15.1 Å². The van der Waals surface area contributed by atoms with Crippen LogP contribution in [0, 0.1) is 6.92 Å². The molecule has 1 amide bonds. The normalized spacial score (nSPS) is 15.6. The van der Waals surface area contributed by atoms with E-state index in [9.17, 15) is 4.79 Å². The largest absolute Gasteiger partial charge is 0.353 e. The minimum Gasteiger partial charge on any atom is -0.353 e. The molecule has 28 heavy (non-hydrogen) atoms. The van der Waals surface area contributed by atoms with Gasteiger partial charge in [-0.25, -0.2) is 0 Å². The average Bonchev–Trinajstić information content (AvgIpc) is 3.44. The number of hydrogen-bond acceptors (Lipinski definition) is 3. The Hall–Kier alpha value is -2.11. The molecule has 0 aliphatic heterocycles. The van der Waals surface area contributed by atoms with Gasteiger partial charge < -0.3 is 5.32 Å². The number of thiophene rings is 1. The van der Waals surface area contributed by atoms with Crippen molar-refractivity contribution in [3.8, 4) is 10.6 Å². The average molecular weight is 414 g/mol. The maximum atomic E-state index is 13.1. The first-order chi connectivity index (χ1) is 13.6. The highest BCUT2D eigenvalue weighted by Crippen LogP contribution is 2.41. The first-order valence-electron chi connectivity index (χ1n) is 9.71. The first kappa shape index (κ1) is 19.2. The van der Waals surface area contributed by atoms with E-state index < -0.39 is 5.41 Å². The Morgan fingerprint density at radius 3 is 2.68 bits per heavy atom. The summed E-state index contributed by atoms with van der Waals surface area (Å²) in [5, 5.41) is 10.6. The standard InChI is InChI=1S/C22H24ClN3OS/c1-16-15-19(20-5-4-14-28-20)25-26(16)13-12-24-21(27)22(10-2-3-11-22)17-6-8-18(23)9-7-17/h4-9,14-15H,2-3,10-13H2,1H3,(H,24,27). The molecule has 0 unspecified atom stereocenters. The SMILES string of the molecule is Cc1cc(-c2cccs2)nn1CCNC(=O)C1(c2ccc(Cl)cc2)CCCC1. The molecule has 0 radical (unpaired) electrons. The van der Waals surface area contributed by atoms with Gasteiger partial charge in [-0.1, -0.05) is 42.6 Å². The summed E-state index contributed by atoms with van der Waals surface area (Å²) in [5.41, 5.74) is 2.74. The lowest BCUT2D eigenvalue weighted by atomic mass is 9.78. The number of nitrogens with zero attached hydrogens (tertiary/aromatic N) is 2. The molecule has 1 aliphatic rings. The second-order valence-electron chi connectivity index (χ2n) is 7.42. The van der Waals surface area contributed by atoms with Gasteiger partial charge >= 0.3 is 0 Å².